The maximum Gasteiger partial charge on any atom is 0.419 e. The van der Waals surface area contributed by atoms with E-state index in [0.29, 0.717) is 25.0 Å². The third-order valence-electron chi connectivity index (χ3n) is 5.63. The van der Waals surface area contributed by atoms with Crippen LogP contribution < -0.4 is 15.0 Å². The summed E-state index contributed by atoms with van der Waals surface area (Å²) >= 11 is 0. The maximum absolute atomic E-state index is 14.2. The van der Waals surface area contributed by atoms with Crippen molar-refractivity contribution in [2.75, 3.05) is 25.1 Å². The van der Waals surface area contributed by atoms with Crippen molar-refractivity contribution in [1.82, 2.24) is 24.7 Å². The Morgan fingerprint density at radius 2 is 1.94 bits per heavy atom. The van der Waals surface area contributed by atoms with Gasteiger partial charge in [-0.05, 0) is 46.6 Å². The molecule has 0 aromatic carbocycles. The van der Waals surface area contributed by atoms with Crippen LogP contribution in [0.1, 0.15) is 44.9 Å². The second-order valence-corrected chi connectivity index (χ2v) is 9.77. The maximum atomic E-state index is 14.2. The number of nitrogens with zero attached hydrogens (tertiary/aromatic N) is 5. The monoisotopic (exact) mass is 506 g/mol. The van der Waals surface area contributed by atoms with Crippen LogP contribution in [0.4, 0.5) is 23.8 Å². The Balaban J connectivity index is 1.65. The van der Waals surface area contributed by atoms with Gasteiger partial charge in [0.1, 0.15) is 11.4 Å². The molecule has 9 nitrogen and oxygen atoms in total. The van der Waals surface area contributed by atoms with E-state index in [-0.39, 0.29) is 35.5 Å². The van der Waals surface area contributed by atoms with E-state index in [1.54, 1.807) is 49.4 Å². The molecule has 1 fully saturated rings. The highest BCUT2D eigenvalue weighted by Crippen LogP contribution is 2.38. The topological polar surface area (TPSA) is 93.9 Å². The van der Waals surface area contributed by atoms with Crippen molar-refractivity contribution in [1.29, 1.82) is 0 Å². The number of aryl methyl sites for hydroxylation is 1. The molecule has 12 heteroatoms. The molecular formula is C24H29F3N6O3. The summed E-state index contributed by atoms with van der Waals surface area (Å²) in [6, 6.07) is 0.680. The number of halogens is 3. The summed E-state index contributed by atoms with van der Waals surface area (Å²) in [4.78, 5) is 26.6. The normalized spacial score (nSPS) is 16.8. The molecule has 3 aromatic rings. The van der Waals surface area contributed by atoms with Crippen molar-refractivity contribution in [3.05, 3.63) is 35.9 Å². The second kappa shape index (κ2) is 9.47. The molecule has 1 aliphatic heterocycles. The highest BCUT2D eigenvalue weighted by atomic mass is 19.4. The average Bonchev–Trinajstić information content (AvgIpc) is 3.16. The minimum Gasteiger partial charge on any atom is -0.478 e. The first-order chi connectivity index (χ1) is 16.8. The number of aromatic nitrogens is 4. The quantitative estimate of drug-likeness (QED) is 0.552. The van der Waals surface area contributed by atoms with Crippen LogP contribution in [0.3, 0.4) is 0 Å². The fourth-order valence-corrected chi connectivity index (χ4v) is 4.19. The predicted octanol–water partition coefficient (Wildman–Crippen LogP) is 4.62. The van der Waals surface area contributed by atoms with Gasteiger partial charge in [0.25, 0.3) is 5.88 Å². The number of hydrogen-bond acceptors (Lipinski definition) is 7. The number of anilines is 1. The molecule has 1 atom stereocenters. The van der Waals surface area contributed by atoms with E-state index in [0.717, 1.165) is 11.8 Å². The van der Waals surface area contributed by atoms with Crippen LogP contribution >= 0.6 is 0 Å². The molecule has 0 radical (unpaired) electrons. The number of piperidine rings is 1. The molecular weight excluding hydrogens is 477 g/mol. The van der Waals surface area contributed by atoms with Gasteiger partial charge in [0.05, 0.1) is 24.1 Å². The van der Waals surface area contributed by atoms with Crippen molar-refractivity contribution >= 4 is 17.6 Å². The molecule has 0 saturated carbocycles. The summed E-state index contributed by atoms with van der Waals surface area (Å²) in [5, 5.41) is 2.76. The number of ether oxygens (including phenoxy) is 2. The van der Waals surface area contributed by atoms with E-state index in [2.05, 4.69) is 20.3 Å². The third-order valence-corrected chi connectivity index (χ3v) is 5.63. The average molecular weight is 507 g/mol. The van der Waals surface area contributed by atoms with E-state index >= 15 is 0 Å². The molecule has 3 aromatic heterocycles. The summed E-state index contributed by atoms with van der Waals surface area (Å²) in [6.07, 6.45) is 0.673. The lowest BCUT2D eigenvalue weighted by Gasteiger charge is -2.35. The van der Waals surface area contributed by atoms with Crippen molar-refractivity contribution in [3.63, 3.8) is 0 Å². The van der Waals surface area contributed by atoms with E-state index < -0.39 is 23.4 Å². The lowest BCUT2D eigenvalue weighted by atomic mass is 10.0. The van der Waals surface area contributed by atoms with Gasteiger partial charge in [-0.25, -0.2) is 19.7 Å². The molecule has 1 amide bonds. The minimum absolute atomic E-state index is 0.182. The molecule has 1 saturated heterocycles. The number of nitrogens with one attached hydrogen (secondary N) is 1. The minimum atomic E-state index is -4.65. The Bertz CT molecular complexity index is 1270. The number of carbonyl (C=O) groups is 1. The van der Waals surface area contributed by atoms with Gasteiger partial charge in [-0.3, -0.25) is 0 Å². The Morgan fingerprint density at radius 3 is 2.61 bits per heavy atom. The van der Waals surface area contributed by atoms with E-state index in [1.807, 2.05) is 0 Å². The van der Waals surface area contributed by atoms with Crippen LogP contribution in [0.25, 0.3) is 16.9 Å². The summed E-state index contributed by atoms with van der Waals surface area (Å²) < 4.78 is 54.8. The molecule has 1 aliphatic rings. The molecule has 1 N–H and O–H groups in total. The molecule has 194 valence electrons. The molecule has 0 spiro atoms. The molecule has 0 aliphatic carbocycles. The zero-order chi connectivity index (χ0) is 26.3. The van der Waals surface area contributed by atoms with Crippen molar-refractivity contribution in [2.24, 2.45) is 0 Å². The van der Waals surface area contributed by atoms with Crippen LogP contribution in [0.5, 0.6) is 5.88 Å². The smallest absolute Gasteiger partial charge is 0.419 e. The van der Waals surface area contributed by atoms with Gasteiger partial charge in [0, 0.05) is 43.3 Å². The fraction of sp³-hybridized carbons (Fsp3) is 0.500. The lowest BCUT2D eigenvalue weighted by Crippen LogP contribution is -2.49. The van der Waals surface area contributed by atoms with Crippen LogP contribution in [0.2, 0.25) is 0 Å². The van der Waals surface area contributed by atoms with Gasteiger partial charge in [0.15, 0.2) is 0 Å². The van der Waals surface area contributed by atoms with Crippen LogP contribution in [0, 0.1) is 6.92 Å². The first-order valence-electron chi connectivity index (χ1n) is 11.6. The number of fused-ring (bicyclic) bond motifs is 1. The number of pyridine rings is 1. The molecule has 0 bridgehead atoms. The van der Waals surface area contributed by atoms with Gasteiger partial charge < -0.3 is 24.1 Å². The molecule has 0 unspecified atom stereocenters. The number of amides is 1. The first kappa shape index (κ1) is 25.5. The Hall–Kier alpha value is -3.57. The third kappa shape index (κ3) is 5.63. The van der Waals surface area contributed by atoms with Gasteiger partial charge in [-0.2, -0.15) is 13.2 Å². The molecule has 4 rings (SSSR count). The highest BCUT2D eigenvalue weighted by molar-refractivity contribution is 5.69. The van der Waals surface area contributed by atoms with Crippen molar-refractivity contribution in [3.8, 4) is 17.1 Å². The summed E-state index contributed by atoms with van der Waals surface area (Å²) in [6.45, 7) is 7.61. The lowest BCUT2D eigenvalue weighted by molar-refractivity contribution is -0.137. The standard InChI is InChI=1S/C24H29F3N6O3/c1-14-11-33-13-18(31-21(35-5)20(33)29-14)15-9-17(24(25,26)27)19(28-10-15)32-8-6-7-16(12-32)30-22(34)36-23(2,3)4/h9-11,13,16H,6-8,12H2,1-5H3,(H,30,34)/t16-/m0/s1. The largest absolute Gasteiger partial charge is 0.478 e. The number of methoxy groups -OCH3 is 1. The van der Waals surface area contributed by atoms with Gasteiger partial charge in [0.2, 0.25) is 5.65 Å². The molecule has 36 heavy (non-hydrogen) atoms. The number of alkyl halides is 3. The van der Waals surface area contributed by atoms with Gasteiger partial charge in [-0.15, -0.1) is 0 Å². The van der Waals surface area contributed by atoms with Gasteiger partial charge in [-0.1, -0.05) is 0 Å². The number of imidazole rings is 1. The number of carbonyl (C=O) groups excluding carboxylic acids is 1. The SMILES string of the molecule is COc1nc(-c2cnc(N3CCC[C@H](NC(=O)OC(C)(C)C)C3)c(C(F)(F)F)c2)cn2cc(C)nc12. The zero-order valence-electron chi connectivity index (χ0n) is 20.8. The van der Waals surface area contributed by atoms with Crippen molar-refractivity contribution < 1.29 is 27.4 Å². The summed E-state index contributed by atoms with van der Waals surface area (Å²) in [5.41, 5.74) is 0.102. The Kier molecular flexibility index (Phi) is 6.72. The number of alkyl carbamates (subject to hydrolysis) is 1. The predicted molar refractivity (Wildman–Crippen MR) is 127 cm³/mol. The van der Waals surface area contributed by atoms with Gasteiger partial charge >= 0.3 is 12.3 Å². The first-order valence-corrected chi connectivity index (χ1v) is 11.6. The summed E-state index contributed by atoms with van der Waals surface area (Å²) in [7, 11) is 1.43. The number of hydrogen-bond donors (Lipinski definition) is 1. The van der Waals surface area contributed by atoms with Crippen LogP contribution in [-0.2, 0) is 10.9 Å². The molecule has 4 heterocycles. The second-order valence-electron chi connectivity index (χ2n) is 9.77. The van der Waals surface area contributed by atoms with Crippen LogP contribution in [-0.4, -0.2) is 57.3 Å². The van der Waals surface area contributed by atoms with E-state index in [9.17, 15) is 18.0 Å². The van der Waals surface area contributed by atoms with Crippen molar-refractivity contribution in [2.45, 2.75) is 58.4 Å². The van der Waals surface area contributed by atoms with Crippen LogP contribution in [0.15, 0.2) is 24.7 Å². The Morgan fingerprint density at radius 1 is 1.19 bits per heavy atom. The number of rotatable bonds is 4. The highest BCUT2D eigenvalue weighted by Gasteiger charge is 2.38. The zero-order valence-corrected chi connectivity index (χ0v) is 20.8. The van der Waals surface area contributed by atoms with E-state index in [4.69, 9.17) is 9.47 Å². The summed E-state index contributed by atoms with van der Waals surface area (Å²) in [5.74, 6) is 0.0128. The Labute approximate surface area is 206 Å². The fourth-order valence-electron chi connectivity index (χ4n) is 4.19. The van der Waals surface area contributed by atoms with E-state index in [1.165, 1.54) is 13.3 Å².